The van der Waals surface area contributed by atoms with Gasteiger partial charge in [-0.05, 0) is 25.0 Å². The molecule has 1 aromatic rings. The van der Waals surface area contributed by atoms with Crippen LogP contribution in [0.2, 0.25) is 0 Å². The van der Waals surface area contributed by atoms with Gasteiger partial charge in [-0.2, -0.15) is 0 Å². The summed E-state index contributed by atoms with van der Waals surface area (Å²) in [6, 6.07) is 4.32. The van der Waals surface area contributed by atoms with E-state index in [2.05, 4.69) is 10.6 Å². The number of anilines is 1. The molecule has 0 saturated heterocycles. The number of hydrogen-bond acceptors (Lipinski definition) is 3. The minimum absolute atomic E-state index is 0.00154. The zero-order valence-electron chi connectivity index (χ0n) is 12.3. The number of rotatable bonds is 6. The van der Waals surface area contributed by atoms with Gasteiger partial charge in [-0.1, -0.05) is 19.1 Å². The predicted molar refractivity (Wildman–Crippen MR) is 83.3 cm³/mol. The van der Waals surface area contributed by atoms with Crippen LogP contribution >= 0.6 is 0 Å². The summed E-state index contributed by atoms with van der Waals surface area (Å²) < 4.78 is 11.2. The fraction of sp³-hybridized carbons (Fsp3) is 0.429. The number of urea groups is 1. The maximum atomic E-state index is 11.8. The van der Waals surface area contributed by atoms with Crippen LogP contribution in [0.4, 0.5) is 10.5 Å². The number of para-hydroxylation sites is 1. The van der Waals surface area contributed by atoms with Crippen molar-refractivity contribution in [2.24, 2.45) is 0 Å². The maximum absolute atomic E-state index is 11.8. The number of nitrogens with one attached hydrogen (secondary N) is 2. The molecule has 0 radical (unpaired) electrons. The molecule has 116 valence electrons. The molecule has 7 heteroatoms. The van der Waals surface area contributed by atoms with Crippen LogP contribution in [0.3, 0.4) is 0 Å². The first-order chi connectivity index (χ1) is 9.82. The molecule has 6 nitrogen and oxygen atoms in total. The van der Waals surface area contributed by atoms with E-state index in [1.54, 1.807) is 25.3 Å². The Morgan fingerprint density at radius 1 is 1.38 bits per heavy atom. The van der Waals surface area contributed by atoms with E-state index in [0.29, 0.717) is 18.5 Å². The van der Waals surface area contributed by atoms with Crippen molar-refractivity contribution in [3.05, 3.63) is 29.3 Å². The molecule has 3 N–H and O–H groups in total. The van der Waals surface area contributed by atoms with E-state index < -0.39 is 22.8 Å². The molecule has 1 rings (SSSR count). The van der Waals surface area contributed by atoms with Gasteiger partial charge in [-0.3, -0.25) is 4.21 Å². The van der Waals surface area contributed by atoms with Crippen molar-refractivity contribution < 1.29 is 18.9 Å². The number of carbonyl (C=O) groups is 2. The Labute approximate surface area is 126 Å². The predicted octanol–water partition coefficient (Wildman–Crippen LogP) is 1.97. The average Bonchev–Trinajstić information content (AvgIpc) is 2.40. The lowest BCUT2D eigenvalue weighted by molar-refractivity contribution is 0.0698. The molecule has 0 spiro atoms. The van der Waals surface area contributed by atoms with Gasteiger partial charge >= 0.3 is 12.0 Å². The zero-order chi connectivity index (χ0) is 16.0. The smallest absolute Gasteiger partial charge is 0.337 e. The van der Waals surface area contributed by atoms with Crippen molar-refractivity contribution in [2.75, 3.05) is 18.1 Å². The lowest BCUT2D eigenvalue weighted by Crippen LogP contribution is -2.32. The van der Waals surface area contributed by atoms with Crippen LogP contribution in [-0.4, -0.2) is 39.4 Å². The molecular weight excluding hydrogens is 292 g/mol. The summed E-state index contributed by atoms with van der Waals surface area (Å²) in [6.45, 7) is 3.95. The van der Waals surface area contributed by atoms with Crippen LogP contribution in [0, 0.1) is 6.92 Å². The highest BCUT2D eigenvalue weighted by Crippen LogP contribution is 2.20. The van der Waals surface area contributed by atoms with Crippen molar-refractivity contribution in [3.8, 4) is 0 Å². The highest BCUT2D eigenvalue weighted by molar-refractivity contribution is 7.84. The SMILES string of the molecule is Cc1cccc(C(=O)O)c1NC(=O)NCCC(C)S(C)=O. The number of aromatic carboxylic acids is 1. The third-order valence-electron chi connectivity index (χ3n) is 3.14. The Balaban J connectivity index is 2.63. The van der Waals surface area contributed by atoms with Gasteiger partial charge in [-0.15, -0.1) is 0 Å². The monoisotopic (exact) mass is 312 g/mol. The molecule has 0 bridgehead atoms. The van der Waals surface area contributed by atoms with E-state index >= 15 is 0 Å². The van der Waals surface area contributed by atoms with E-state index in [0.717, 1.165) is 0 Å². The number of carboxylic acid groups (broad SMARTS) is 1. The van der Waals surface area contributed by atoms with Crippen molar-refractivity contribution in [1.82, 2.24) is 5.32 Å². The Bertz CT molecular complexity index is 560. The van der Waals surface area contributed by atoms with Gasteiger partial charge in [0.15, 0.2) is 0 Å². The standard InChI is InChI=1S/C14H20N2O4S/c1-9-5-4-6-11(13(17)18)12(9)16-14(19)15-8-7-10(2)21(3)20/h4-6,10H,7-8H2,1-3H3,(H,17,18)(H2,15,16,19). The first-order valence-corrected chi connectivity index (χ1v) is 8.15. The molecule has 21 heavy (non-hydrogen) atoms. The van der Waals surface area contributed by atoms with Gasteiger partial charge < -0.3 is 15.7 Å². The van der Waals surface area contributed by atoms with Crippen LogP contribution in [-0.2, 0) is 10.8 Å². The fourth-order valence-electron chi connectivity index (χ4n) is 1.72. The highest BCUT2D eigenvalue weighted by atomic mass is 32.2. The van der Waals surface area contributed by atoms with Gasteiger partial charge in [0, 0.05) is 28.9 Å². The lowest BCUT2D eigenvalue weighted by atomic mass is 10.1. The average molecular weight is 312 g/mol. The van der Waals surface area contributed by atoms with Gasteiger partial charge in [0.2, 0.25) is 0 Å². The Morgan fingerprint density at radius 2 is 2.05 bits per heavy atom. The Morgan fingerprint density at radius 3 is 2.62 bits per heavy atom. The van der Waals surface area contributed by atoms with Crippen molar-refractivity contribution in [3.63, 3.8) is 0 Å². The number of aryl methyl sites for hydroxylation is 1. The van der Waals surface area contributed by atoms with Crippen molar-refractivity contribution in [2.45, 2.75) is 25.5 Å². The second-order valence-electron chi connectivity index (χ2n) is 4.78. The summed E-state index contributed by atoms with van der Waals surface area (Å²) in [5.74, 6) is -1.09. The molecule has 0 aromatic heterocycles. The number of amides is 2. The number of benzene rings is 1. The topological polar surface area (TPSA) is 95.5 Å². The second kappa shape index (κ2) is 7.78. The molecule has 1 aromatic carbocycles. The normalized spacial score (nSPS) is 13.3. The molecule has 0 fully saturated rings. The molecule has 0 aliphatic carbocycles. The van der Waals surface area contributed by atoms with E-state index in [1.165, 1.54) is 6.07 Å². The fourth-order valence-corrected chi connectivity index (χ4v) is 2.17. The Hall–Kier alpha value is -1.89. The van der Waals surface area contributed by atoms with Gasteiger partial charge in [-0.25, -0.2) is 9.59 Å². The van der Waals surface area contributed by atoms with E-state index in [1.807, 2.05) is 6.92 Å². The van der Waals surface area contributed by atoms with Gasteiger partial charge in [0.25, 0.3) is 0 Å². The summed E-state index contributed by atoms with van der Waals surface area (Å²) in [5.41, 5.74) is 1.01. The minimum atomic E-state index is -1.09. The van der Waals surface area contributed by atoms with Crippen LogP contribution in [0.5, 0.6) is 0 Å². The summed E-state index contributed by atoms with van der Waals surface area (Å²) in [7, 11) is -0.926. The second-order valence-corrected chi connectivity index (χ2v) is 6.58. The molecule has 0 aliphatic rings. The van der Waals surface area contributed by atoms with Gasteiger partial charge in [0.1, 0.15) is 0 Å². The van der Waals surface area contributed by atoms with E-state index in [-0.39, 0.29) is 16.5 Å². The molecule has 0 aliphatic heterocycles. The first kappa shape index (κ1) is 17.2. The molecule has 0 heterocycles. The van der Waals surface area contributed by atoms with E-state index in [9.17, 15) is 13.8 Å². The Kier molecular flexibility index (Phi) is 6.36. The van der Waals surface area contributed by atoms with Gasteiger partial charge in [0.05, 0.1) is 11.3 Å². The number of hydrogen-bond donors (Lipinski definition) is 3. The molecule has 2 atom stereocenters. The van der Waals surface area contributed by atoms with Crippen LogP contribution < -0.4 is 10.6 Å². The van der Waals surface area contributed by atoms with Crippen molar-refractivity contribution in [1.29, 1.82) is 0 Å². The van der Waals surface area contributed by atoms with Crippen LogP contribution in [0.1, 0.15) is 29.3 Å². The molecule has 2 unspecified atom stereocenters. The molecule has 0 saturated carbocycles. The minimum Gasteiger partial charge on any atom is -0.478 e. The third-order valence-corrected chi connectivity index (χ3v) is 4.51. The molecule has 2 amide bonds. The highest BCUT2D eigenvalue weighted by Gasteiger charge is 2.14. The van der Waals surface area contributed by atoms with Crippen LogP contribution in [0.25, 0.3) is 0 Å². The van der Waals surface area contributed by atoms with E-state index in [4.69, 9.17) is 5.11 Å². The lowest BCUT2D eigenvalue weighted by Gasteiger charge is -2.13. The number of carbonyl (C=O) groups excluding carboxylic acids is 1. The number of carboxylic acids is 1. The summed E-state index contributed by atoms with van der Waals surface area (Å²) in [5, 5.41) is 14.3. The summed E-state index contributed by atoms with van der Waals surface area (Å²) in [6.07, 6.45) is 2.22. The van der Waals surface area contributed by atoms with Crippen LogP contribution in [0.15, 0.2) is 18.2 Å². The summed E-state index contributed by atoms with van der Waals surface area (Å²) >= 11 is 0. The molecular formula is C14H20N2O4S. The van der Waals surface area contributed by atoms with Crippen molar-refractivity contribution >= 4 is 28.5 Å². The largest absolute Gasteiger partial charge is 0.478 e. The zero-order valence-corrected chi connectivity index (χ0v) is 13.1. The third kappa shape index (κ3) is 5.18. The summed E-state index contributed by atoms with van der Waals surface area (Å²) in [4.78, 5) is 22.9. The quantitative estimate of drug-likeness (QED) is 0.748. The maximum Gasteiger partial charge on any atom is 0.337 e. The first-order valence-electron chi connectivity index (χ1n) is 6.53.